The van der Waals surface area contributed by atoms with Crippen molar-refractivity contribution in [2.24, 2.45) is 11.8 Å². The van der Waals surface area contributed by atoms with Gasteiger partial charge in [-0.05, 0) is 25.8 Å². The summed E-state index contributed by atoms with van der Waals surface area (Å²) in [5.41, 5.74) is 2.65. The second-order valence-corrected chi connectivity index (χ2v) is 3.20. The maximum absolute atomic E-state index is 5.17. The van der Waals surface area contributed by atoms with Crippen LogP contribution >= 0.6 is 0 Å². The highest BCUT2D eigenvalue weighted by Gasteiger charge is 2.18. The molecule has 1 saturated carbocycles. The highest BCUT2D eigenvalue weighted by molar-refractivity contribution is 4.71. The number of hydrogen-bond acceptors (Lipinski definition) is 3. The fraction of sp³-hybridized carbons (Fsp3) is 1.00. The van der Waals surface area contributed by atoms with Crippen LogP contribution in [0, 0.1) is 5.92 Å². The van der Waals surface area contributed by atoms with Crippen molar-refractivity contribution < 1.29 is 0 Å². The molecule has 0 aromatic carbocycles. The second kappa shape index (κ2) is 3.91. The predicted octanol–water partition coefficient (Wildman–Crippen LogP) is 0.139. The molecule has 3 nitrogen and oxygen atoms in total. The minimum absolute atomic E-state index is 0.802. The summed E-state index contributed by atoms with van der Waals surface area (Å²) in [6, 6.07) is 0. The van der Waals surface area contributed by atoms with E-state index < -0.39 is 0 Å². The molecule has 0 heterocycles. The first-order chi connectivity index (χ1) is 4.83. The van der Waals surface area contributed by atoms with Gasteiger partial charge in [0.2, 0.25) is 0 Å². The van der Waals surface area contributed by atoms with Crippen LogP contribution in [0.5, 0.6) is 0 Å². The van der Waals surface area contributed by atoms with Crippen LogP contribution in [0.3, 0.4) is 0 Å². The lowest BCUT2D eigenvalue weighted by Gasteiger charge is -2.29. The fourth-order valence-corrected chi connectivity index (χ4v) is 1.34. The summed E-state index contributed by atoms with van der Waals surface area (Å²) in [7, 11) is 2.10. The quantitative estimate of drug-likeness (QED) is 0.334. The molecular formula is C7H17N3. The van der Waals surface area contributed by atoms with Gasteiger partial charge in [0.25, 0.3) is 0 Å². The average molecular weight is 143 g/mol. The Morgan fingerprint density at radius 3 is 2.70 bits per heavy atom. The Morgan fingerprint density at radius 2 is 2.30 bits per heavy atom. The number of rotatable bonds is 4. The van der Waals surface area contributed by atoms with Crippen molar-refractivity contribution in [2.75, 3.05) is 20.3 Å². The molecule has 0 atom stereocenters. The Hall–Kier alpha value is -0.120. The molecule has 0 spiro atoms. The monoisotopic (exact) mass is 143 g/mol. The van der Waals surface area contributed by atoms with Crippen molar-refractivity contribution in [1.29, 1.82) is 0 Å². The van der Waals surface area contributed by atoms with E-state index in [2.05, 4.69) is 17.4 Å². The highest BCUT2D eigenvalue weighted by atomic mass is 15.3. The summed E-state index contributed by atoms with van der Waals surface area (Å²) in [5, 5.41) is 0. The SMILES string of the molecule is CN(CNN)CC1CCC1. The van der Waals surface area contributed by atoms with E-state index in [0.717, 1.165) is 12.6 Å². The van der Waals surface area contributed by atoms with E-state index in [1.54, 1.807) is 0 Å². The molecule has 60 valence electrons. The summed E-state index contributed by atoms with van der Waals surface area (Å²) in [6.45, 7) is 2.00. The van der Waals surface area contributed by atoms with Gasteiger partial charge in [-0.1, -0.05) is 6.42 Å². The number of nitrogens with zero attached hydrogens (tertiary/aromatic N) is 1. The standard InChI is InChI=1S/C7H17N3/c1-10(6-9-8)5-7-3-2-4-7/h7,9H,2-6,8H2,1H3. The van der Waals surface area contributed by atoms with E-state index in [4.69, 9.17) is 5.84 Å². The highest BCUT2D eigenvalue weighted by Crippen LogP contribution is 2.26. The molecule has 1 aliphatic rings. The zero-order valence-corrected chi connectivity index (χ0v) is 6.64. The first-order valence-electron chi connectivity index (χ1n) is 3.95. The van der Waals surface area contributed by atoms with Crippen molar-refractivity contribution in [3.8, 4) is 0 Å². The predicted molar refractivity (Wildman–Crippen MR) is 42.2 cm³/mol. The van der Waals surface area contributed by atoms with Gasteiger partial charge in [-0.3, -0.25) is 10.7 Å². The van der Waals surface area contributed by atoms with E-state index >= 15 is 0 Å². The van der Waals surface area contributed by atoms with Gasteiger partial charge in [-0.15, -0.1) is 0 Å². The van der Waals surface area contributed by atoms with Crippen LogP contribution in [0.1, 0.15) is 19.3 Å². The Labute approximate surface area is 62.5 Å². The van der Waals surface area contributed by atoms with Crippen LogP contribution in [0.2, 0.25) is 0 Å². The van der Waals surface area contributed by atoms with E-state index in [0.29, 0.717) is 0 Å². The Kier molecular flexibility index (Phi) is 3.12. The molecule has 0 saturated heterocycles. The molecule has 0 amide bonds. The summed E-state index contributed by atoms with van der Waals surface area (Å²) in [6.07, 6.45) is 4.25. The molecule has 0 aromatic rings. The van der Waals surface area contributed by atoms with E-state index in [1.165, 1.54) is 25.8 Å². The van der Waals surface area contributed by atoms with Crippen LogP contribution in [-0.4, -0.2) is 25.2 Å². The minimum atomic E-state index is 0.802. The first-order valence-corrected chi connectivity index (χ1v) is 3.95. The Balaban J connectivity index is 1.99. The zero-order valence-electron chi connectivity index (χ0n) is 6.64. The molecule has 1 aliphatic carbocycles. The average Bonchev–Trinajstić information content (AvgIpc) is 1.80. The molecule has 10 heavy (non-hydrogen) atoms. The number of hydrogen-bond donors (Lipinski definition) is 2. The number of hydrazine groups is 1. The van der Waals surface area contributed by atoms with E-state index in [9.17, 15) is 0 Å². The van der Waals surface area contributed by atoms with Crippen LogP contribution < -0.4 is 11.3 Å². The van der Waals surface area contributed by atoms with Gasteiger partial charge in [0.15, 0.2) is 0 Å². The van der Waals surface area contributed by atoms with Crippen molar-refractivity contribution in [1.82, 2.24) is 10.3 Å². The lowest BCUT2D eigenvalue weighted by atomic mass is 9.85. The molecule has 1 fully saturated rings. The molecule has 0 aliphatic heterocycles. The third-order valence-electron chi connectivity index (χ3n) is 2.16. The molecule has 0 radical (unpaired) electrons. The van der Waals surface area contributed by atoms with Gasteiger partial charge in [0.1, 0.15) is 0 Å². The lowest BCUT2D eigenvalue weighted by Crippen LogP contribution is -2.39. The first kappa shape index (κ1) is 7.98. The maximum Gasteiger partial charge on any atom is 0.0610 e. The van der Waals surface area contributed by atoms with Gasteiger partial charge in [0.05, 0.1) is 6.67 Å². The van der Waals surface area contributed by atoms with Crippen molar-refractivity contribution in [2.45, 2.75) is 19.3 Å². The maximum atomic E-state index is 5.17. The molecule has 1 rings (SSSR count). The van der Waals surface area contributed by atoms with Gasteiger partial charge in [0, 0.05) is 6.54 Å². The van der Waals surface area contributed by atoms with Crippen molar-refractivity contribution in [3.05, 3.63) is 0 Å². The third kappa shape index (κ3) is 2.25. The van der Waals surface area contributed by atoms with Crippen LogP contribution in [-0.2, 0) is 0 Å². The van der Waals surface area contributed by atoms with Crippen molar-refractivity contribution in [3.63, 3.8) is 0 Å². The smallest absolute Gasteiger partial charge is 0.0610 e. The minimum Gasteiger partial charge on any atom is -0.292 e. The molecule has 0 unspecified atom stereocenters. The largest absolute Gasteiger partial charge is 0.292 e. The topological polar surface area (TPSA) is 41.3 Å². The van der Waals surface area contributed by atoms with E-state index in [1.807, 2.05) is 0 Å². The lowest BCUT2D eigenvalue weighted by molar-refractivity contribution is 0.196. The normalized spacial score (nSPS) is 19.5. The Morgan fingerprint density at radius 1 is 1.60 bits per heavy atom. The van der Waals surface area contributed by atoms with Gasteiger partial charge in [-0.2, -0.15) is 0 Å². The van der Waals surface area contributed by atoms with Gasteiger partial charge >= 0.3 is 0 Å². The summed E-state index contributed by atoms with van der Waals surface area (Å²) < 4.78 is 0. The molecule has 3 N–H and O–H groups in total. The fourth-order valence-electron chi connectivity index (χ4n) is 1.34. The van der Waals surface area contributed by atoms with Crippen LogP contribution in [0.15, 0.2) is 0 Å². The summed E-state index contributed by atoms with van der Waals surface area (Å²) >= 11 is 0. The Bertz CT molecular complexity index is 90.9. The van der Waals surface area contributed by atoms with Crippen LogP contribution in [0.4, 0.5) is 0 Å². The summed E-state index contributed by atoms with van der Waals surface area (Å²) in [5.74, 6) is 6.12. The van der Waals surface area contributed by atoms with Crippen LogP contribution in [0.25, 0.3) is 0 Å². The van der Waals surface area contributed by atoms with Gasteiger partial charge < -0.3 is 0 Å². The van der Waals surface area contributed by atoms with Crippen molar-refractivity contribution >= 4 is 0 Å². The molecule has 0 bridgehead atoms. The zero-order chi connectivity index (χ0) is 7.40. The van der Waals surface area contributed by atoms with Gasteiger partial charge in [-0.25, -0.2) is 5.43 Å². The number of nitrogens with two attached hydrogens (primary N) is 1. The molecule has 3 heteroatoms. The summed E-state index contributed by atoms with van der Waals surface area (Å²) in [4.78, 5) is 2.23. The third-order valence-corrected chi connectivity index (χ3v) is 2.16. The van der Waals surface area contributed by atoms with E-state index in [-0.39, 0.29) is 0 Å². The molecular weight excluding hydrogens is 126 g/mol. The second-order valence-electron chi connectivity index (χ2n) is 3.20. The number of nitrogens with one attached hydrogen (secondary N) is 1. The molecule has 0 aromatic heterocycles.